The summed E-state index contributed by atoms with van der Waals surface area (Å²) in [6, 6.07) is 2.36. The predicted octanol–water partition coefficient (Wildman–Crippen LogP) is 2.20. The van der Waals surface area contributed by atoms with E-state index in [2.05, 4.69) is 51.5 Å². The molecule has 7 heteroatoms. The molecule has 1 unspecified atom stereocenters. The Balaban J connectivity index is 0.00000441. The molecule has 0 aliphatic carbocycles. The molecule has 1 aromatic heterocycles. The Labute approximate surface area is 151 Å². The van der Waals surface area contributed by atoms with Crippen LogP contribution in [0.3, 0.4) is 0 Å². The molecule has 128 valence electrons. The Kier molecular flexibility index (Phi) is 12.2. The van der Waals surface area contributed by atoms with Gasteiger partial charge in [-0.15, -0.1) is 24.0 Å². The normalized spacial score (nSPS) is 12.9. The SMILES string of the molecule is CCN(CC)CCCC(C)NC(=NC)NCc1ccn[nH]1.I. The summed E-state index contributed by atoms with van der Waals surface area (Å²) in [6.45, 7) is 10.8. The van der Waals surface area contributed by atoms with Crippen molar-refractivity contribution in [3.8, 4) is 0 Å². The minimum atomic E-state index is 0. The van der Waals surface area contributed by atoms with Crippen molar-refractivity contribution in [1.29, 1.82) is 0 Å². The highest BCUT2D eigenvalue weighted by Crippen LogP contribution is 2.00. The van der Waals surface area contributed by atoms with E-state index in [4.69, 9.17) is 0 Å². The number of hydrogen-bond donors (Lipinski definition) is 3. The zero-order valence-corrected chi connectivity index (χ0v) is 16.6. The Bertz CT molecular complexity index is 389. The maximum atomic E-state index is 4.25. The van der Waals surface area contributed by atoms with Crippen LogP contribution in [0.5, 0.6) is 0 Å². The van der Waals surface area contributed by atoms with Crippen LogP contribution in [0.4, 0.5) is 0 Å². The molecule has 1 aromatic rings. The number of H-pyrrole nitrogens is 1. The van der Waals surface area contributed by atoms with Gasteiger partial charge >= 0.3 is 0 Å². The molecular formula is C15H31IN6. The van der Waals surface area contributed by atoms with E-state index in [-0.39, 0.29) is 24.0 Å². The van der Waals surface area contributed by atoms with Crippen LogP contribution in [0.1, 0.15) is 39.3 Å². The second-order valence-electron chi connectivity index (χ2n) is 5.22. The van der Waals surface area contributed by atoms with Gasteiger partial charge in [0.2, 0.25) is 0 Å². The van der Waals surface area contributed by atoms with Crippen LogP contribution in [-0.2, 0) is 6.54 Å². The van der Waals surface area contributed by atoms with Crippen molar-refractivity contribution in [3.63, 3.8) is 0 Å². The lowest BCUT2D eigenvalue weighted by atomic mass is 10.2. The lowest BCUT2D eigenvalue weighted by Crippen LogP contribution is -2.42. The molecule has 0 saturated carbocycles. The van der Waals surface area contributed by atoms with E-state index in [0.29, 0.717) is 12.6 Å². The van der Waals surface area contributed by atoms with Crippen LogP contribution in [0.2, 0.25) is 0 Å². The van der Waals surface area contributed by atoms with Gasteiger partial charge in [-0.05, 0) is 45.5 Å². The van der Waals surface area contributed by atoms with Crippen molar-refractivity contribution in [3.05, 3.63) is 18.0 Å². The average Bonchev–Trinajstić information content (AvgIpc) is 3.01. The molecule has 0 aliphatic heterocycles. The third-order valence-corrected chi connectivity index (χ3v) is 3.62. The molecule has 1 atom stereocenters. The third kappa shape index (κ3) is 8.57. The van der Waals surface area contributed by atoms with Gasteiger partial charge in [0.25, 0.3) is 0 Å². The standard InChI is InChI=1S/C15H30N6.HI/c1-5-21(6-2)11-7-8-13(3)19-15(16-4)17-12-14-9-10-18-20-14;/h9-10,13H,5-8,11-12H2,1-4H3,(H,18,20)(H2,16,17,19);1H. The molecule has 1 rings (SSSR count). The van der Waals surface area contributed by atoms with Crippen LogP contribution < -0.4 is 10.6 Å². The van der Waals surface area contributed by atoms with Gasteiger partial charge in [-0.2, -0.15) is 5.10 Å². The minimum Gasteiger partial charge on any atom is -0.354 e. The molecule has 0 fully saturated rings. The molecular weight excluding hydrogens is 391 g/mol. The van der Waals surface area contributed by atoms with Gasteiger partial charge in [-0.1, -0.05) is 13.8 Å². The number of guanidine groups is 1. The van der Waals surface area contributed by atoms with Crippen LogP contribution >= 0.6 is 24.0 Å². The van der Waals surface area contributed by atoms with Crippen LogP contribution in [0.25, 0.3) is 0 Å². The number of aromatic nitrogens is 2. The van der Waals surface area contributed by atoms with Gasteiger partial charge in [-0.3, -0.25) is 10.1 Å². The summed E-state index contributed by atoms with van der Waals surface area (Å²) in [5.74, 6) is 0.833. The Morgan fingerprint density at radius 2 is 2.14 bits per heavy atom. The van der Waals surface area contributed by atoms with Crippen molar-refractivity contribution in [2.75, 3.05) is 26.7 Å². The zero-order chi connectivity index (χ0) is 15.5. The average molecular weight is 422 g/mol. The highest BCUT2D eigenvalue weighted by molar-refractivity contribution is 14.0. The lowest BCUT2D eigenvalue weighted by molar-refractivity contribution is 0.292. The van der Waals surface area contributed by atoms with E-state index in [1.165, 1.54) is 13.0 Å². The molecule has 0 amide bonds. The van der Waals surface area contributed by atoms with Crippen molar-refractivity contribution in [2.45, 2.75) is 46.2 Å². The van der Waals surface area contributed by atoms with E-state index in [0.717, 1.165) is 31.2 Å². The molecule has 0 bridgehead atoms. The second kappa shape index (κ2) is 12.7. The lowest BCUT2D eigenvalue weighted by Gasteiger charge is -2.21. The van der Waals surface area contributed by atoms with Crippen molar-refractivity contribution < 1.29 is 0 Å². The molecule has 0 aliphatic rings. The van der Waals surface area contributed by atoms with E-state index in [9.17, 15) is 0 Å². The number of hydrogen-bond acceptors (Lipinski definition) is 3. The predicted molar refractivity (Wildman–Crippen MR) is 104 cm³/mol. The van der Waals surface area contributed by atoms with Gasteiger partial charge in [0.15, 0.2) is 5.96 Å². The summed E-state index contributed by atoms with van der Waals surface area (Å²) in [6.07, 6.45) is 4.09. The molecule has 0 spiro atoms. The minimum absolute atomic E-state index is 0. The smallest absolute Gasteiger partial charge is 0.191 e. The molecule has 3 N–H and O–H groups in total. The molecule has 6 nitrogen and oxygen atoms in total. The fraction of sp³-hybridized carbons (Fsp3) is 0.733. The first kappa shape index (κ1) is 21.2. The van der Waals surface area contributed by atoms with Crippen LogP contribution in [0, 0.1) is 0 Å². The molecule has 22 heavy (non-hydrogen) atoms. The van der Waals surface area contributed by atoms with Gasteiger partial charge in [0.05, 0.1) is 12.2 Å². The summed E-state index contributed by atoms with van der Waals surface area (Å²) in [7, 11) is 1.80. The summed E-state index contributed by atoms with van der Waals surface area (Å²) in [5.41, 5.74) is 1.05. The van der Waals surface area contributed by atoms with Crippen LogP contribution in [-0.4, -0.2) is 53.8 Å². The Morgan fingerprint density at radius 3 is 2.68 bits per heavy atom. The zero-order valence-electron chi connectivity index (χ0n) is 14.2. The second-order valence-corrected chi connectivity index (χ2v) is 5.22. The van der Waals surface area contributed by atoms with Crippen molar-refractivity contribution in [2.24, 2.45) is 4.99 Å². The van der Waals surface area contributed by atoms with Gasteiger partial charge in [0.1, 0.15) is 0 Å². The highest BCUT2D eigenvalue weighted by Gasteiger charge is 2.06. The van der Waals surface area contributed by atoms with E-state index in [1.807, 2.05) is 6.07 Å². The van der Waals surface area contributed by atoms with Gasteiger partial charge < -0.3 is 15.5 Å². The first-order valence-electron chi connectivity index (χ1n) is 7.87. The number of aromatic amines is 1. The van der Waals surface area contributed by atoms with Crippen molar-refractivity contribution >= 4 is 29.9 Å². The van der Waals surface area contributed by atoms with E-state index >= 15 is 0 Å². The number of aliphatic imine (C=N–C) groups is 1. The first-order valence-corrected chi connectivity index (χ1v) is 7.87. The first-order chi connectivity index (χ1) is 10.2. The molecule has 1 heterocycles. The maximum absolute atomic E-state index is 4.25. The monoisotopic (exact) mass is 422 g/mol. The quantitative estimate of drug-likeness (QED) is 0.324. The number of halogens is 1. The largest absolute Gasteiger partial charge is 0.354 e. The summed E-state index contributed by atoms with van der Waals surface area (Å²) in [5, 5.41) is 13.6. The number of nitrogens with zero attached hydrogens (tertiary/aromatic N) is 3. The molecule has 0 radical (unpaired) electrons. The fourth-order valence-electron chi connectivity index (χ4n) is 2.22. The van der Waals surface area contributed by atoms with Gasteiger partial charge in [0, 0.05) is 19.3 Å². The molecule has 0 aromatic carbocycles. The Morgan fingerprint density at radius 1 is 1.41 bits per heavy atom. The Hall–Kier alpha value is -0.830. The summed E-state index contributed by atoms with van der Waals surface area (Å²) >= 11 is 0. The molecule has 0 saturated heterocycles. The third-order valence-electron chi connectivity index (χ3n) is 3.62. The number of nitrogens with one attached hydrogen (secondary N) is 3. The van der Waals surface area contributed by atoms with Crippen molar-refractivity contribution in [1.82, 2.24) is 25.7 Å². The maximum Gasteiger partial charge on any atom is 0.191 e. The van der Waals surface area contributed by atoms with E-state index < -0.39 is 0 Å². The van der Waals surface area contributed by atoms with E-state index in [1.54, 1.807) is 13.2 Å². The fourth-order valence-corrected chi connectivity index (χ4v) is 2.22. The topological polar surface area (TPSA) is 68.3 Å². The highest BCUT2D eigenvalue weighted by atomic mass is 127. The van der Waals surface area contributed by atoms with Gasteiger partial charge in [-0.25, -0.2) is 0 Å². The summed E-state index contributed by atoms with van der Waals surface area (Å²) < 4.78 is 0. The van der Waals surface area contributed by atoms with Crippen LogP contribution in [0.15, 0.2) is 17.3 Å². The number of rotatable bonds is 9. The summed E-state index contributed by atoms with van der Waals surface area (Å²) in [4.78, 5) is 6.71.